The van der Waals surface area contributed by atoms with Crippen molar-refractivity contribution in [1.82, 2.24) is 5.32 Å². The van der Waals surface area contributed by atoms with Gasteiger partial charge in [0.05, 0.1) is 11.6 Å². The topological polar surface area (TPSA) is 47.6 Å². The summed E-state index contributed by atoms with van der Waals surface area (Å²) in [7, 11) is 1.54. The second-order valence-corrected chi connectivity index (χ2v) is 5.11. The summed E-state index contributed by atoms with van der Waals surface area (Å²) < 4.78 is 11.4. The Morgan fingerprint density at radius 2 is 2.05 bits per heavy atom. The molecule has 0 heterocycles. The molecule has 0 unspecified atom stereocenters. The number of carbonyl (C=O) groups excluding carboxylic acids is 1. The van der Waals surface area contributed by atoms with E-state index >= 15 is 0 Å². The van der Waals surface area contributed by atoms with Crippen LogP contribution in [0.2, 0.25) is 0 Å². The molecule has 1 N–H and O–H groups in total. The highest BCUT2D eigenvalue weighted by atomic mass is 79.9. The Bertz CT molecular complexity index is 602. The molecular weight excluding hydrogens is 334 g/mol. The normalized spacial score (nSPS) is 10.0. The van der Waals surface area contributed by atoms with Gasteiger partial charge in [0.15, 0.2) is 18.1 Å². The minimum absolute atomic E-state index is 0.0776. The van der Waals surface area contributed by atoms with Gasteiger partial charge in [-0.15, -0.1) is 0 Å². The third kappa shape index (κ3) is 4.49. The number of hydrogen-bond donors (Lipinski definition) is 1. The Hall–Kier alpha value is -2.01. The molecule has 2 aromatic rings. The molecule has 2 rings (SSSR count). The minimum atomic E-state index is -0.194. The first-order valence-corrected chi connectivity index (χ1v) is 7.17. The molecule has 0 fully saturated rings. The van der Waals surface area contributed by atoms with E-state index in [1.54, 1.807) is 12.1 Å². The van der Waals surface area contributed by atoms with Crippen molar-refractivity contribution < 1.29 is 14.3 Å². The smallest absolute Gasteiger partial charge is 0.258 e. The van der Waals surface area contributed by atoms with Gasteiger partial charge in [-0.25, -0.2) is 0 Å². The molecule has 0 spiro atoms. The maximum absolute atomic E-state index is 11.8. The summed E-state index contributed by atoms with van der Waals surface area (Å²) >= 11 is 3.35. The fraction of sp³-hybridized carbons (Fsp3) is 0.188. The van der Waals surface area contributed by atoms with Crippen LogP contribution < -0.4 is 14.8 Å². The van der Waals surface area contributed by atoms with Gasteiger partial charge in [0.25, 0.3) is 5.91 Å². The summed E-state index contributed by atoms with van der Waals surface area (Å²) in [6.45, 7) is 0.399. The van der Waals surface area contributed by atoms with Crippen LogP contribution in [0.25, 0.3) is 0 Å². The Morgan fingerprint density at radius 1 is 1.29 bits per heavy atom. The third-order valence-electron chi connectivity index (χ3n) is 2.77. The number of methoxy groups -OCH3 is 1. The Morgan fingerprint density at radius 3 is 2.76 bits per heavy atom. The molecule has 2 aromatic carbocycles. The highest BCUT2D eigenvalue weighted by Crippen LogP contribution is 2.34. The fourth-order valence-electron chi connectivity index (χ4n) is 1.72. The van der Waals surface area contributed by atoms with Gasteiger partial charge in [0.1, 0.15) is 0 Å². The van der Waals surface area contributed by atoms with Crippen molar-refractivity contribution in [2.75, 3.05) is 13.7 Å². The molecule has 0 atom stereocenters. The summed E-state index contributed by atoms with van der Waals surface area (Å²) in [5.74, 6) is 0.826. The molecule has 0 aliphatic carbocycles. The Kier molecular flexibility index (Phi) is 5.63. The van der Waals surface area contributed by atoms with E-state index in [4.69, 9.17) is 9.47 Å². The first kappa shape index (κ1) is 15.4. The molecule has 109 valence electrons. The summed E-state index contributed by atoms with van der Waals surface area (Å²) in [6.07, 6.45) is 0. The van der Waals surface area contributed by atoms with Crippen molar-refractivity contribution in [2.45, 2.75) is 6.54 Å². The lowest BCUT2D eigenvalue weighted by molar-refractivity contribution is -0.123. The van der Waals surface area contributed by atoms with Gasteiger partial charge in [0, 0.05) is 6.54 Å². The standard InChI is InChI=1S/C16H15BrNO3/c1-20-14-9-5-8-13(17)16(14)21-11-15(19)18-10-12-6-3-2-4-7-12/h2-4,6-9H,10-11H2,1H3,(H,18,19). The summed E-state index contributed by atoms with van der Waals surface area (Å²) in [6, 6.07) is 16.0. The van der Waals surface area contributed by atoms with E-state index < -0.39 is 0 Å². The first-order chi connectivity index (χ1) is 10.2. The lowest BCUT2D eigenvalue weighted by atomic mass is 10.2. The van der Waals surface area contributed by atoms with E-state index in [0.717, 1.165) is 5.56 Å². The van der Waals surface area contributed by atoms with Crippen molar-refractivity contribution in [1.29, 1.82) is 0 Å². The van der Waals surface area contributed by atoms with Gasteiger partial charge >= 0.3 is 0 Å². The quantitative estimate of drug-likeness (QED) is 0.872. The van der Waals surface area contributed by atoms with Crippen LogP contribution >= 0.6 is 15.9 Å². The molecule has 0 aliphatic heterocycles. The third-order valence-corrected chi connectivity index (χ3v) is 3.35. The highest BCUT2D eigenvalue weighted by Gasteiger charge is 2.11. The van der Waals surface area contributed by atoms with Crippen molar-refractivity contribution in [3.8, 4) is 11.5 Å². The number of ether oxygens (including phenoxy) is 2. The number of benzene rings is 2. The SMILES string of the molecule is COc1c[c]cc(Br)c1OCC(=O)NCc1ccccc1. The van der Waals surface area contributed by atoms with Crippen LogP contribution in [0.3, 0.4) is 0 Å². The molecule has 0 bridgehead atoms. The Balaban J connectivity index is 1.87. The number of carbonyl (C=O) groups is 1. The molecule has 0 saturated carbocycles. The predicted molar refractivity (Wildman–Crippen MR) is 83.3 cm³/mol. The Labute approximate surface area is 132 Å². The average Bonchev–Trinajstić information content (AvgIpc) is 2.52. The van der Waals surface area contributed by atoms with E-state index in [-0.39, 0.29) is 12.5 Å². The fourth-order valence-corrected chi connectivity index (χ4v) is 2.16. The van der Waals surface area contributed by atoms with Crippen LogP contribution in [0.4, 0.5) is 0 Å². The molecule has 5 heteroatoms. The lowest BCUT2D eigenvalue weighted by Crippen LogP contribution is -2.28. The zero-order valence-corrected chi connectivity index (χ0v) is 13.1. The molecule has 21 heavy (non-hydrogen) atoms. The molecule has 4 nitrogen and oxygen atoms in total. The summed E-state index contributed by atoms with van der Waals surface area (Å²) in [5.41, 5.74) is 1.04. The van der Waals surface area contributed by atoms with E-state index in [1.165, 1.54) is 7.11 Å². The number of hydrogen-bond acceptors (Lipinski definition) is 3. The van der Waals surface area contributed by atoms with Crippen molar-refractivity contribution in [3.63, 3.8) is 0 Å². The van der Waals surface area contributed by atoms with Crippen molar-refractivity contribution >= 4 is 21.8 Å². The number of rotatable bonds is 6. The average molecular weight is 349 g/mol. The van der Waals surface area contributed by atoms with Gasteiger partial charge < -0.3 is 14.8 Å². The molecule has 0 aliphatic rings. The van der Waals surface area contributed by atoms with Gasteiger partial charge in [-0.05, 0) is 39.7 Å². The first-order valence-electron chi connectivity index (χ1n) is 6.37. The molecule has 1 radical (unpaired) electrons. The molecular formula is C16H15BrNO3. The van der Waals surface area contributed by atoms with Gasteiger partial charge in [-0.1, -0.05) is 30.3 Å². The number of halogens is 1. The monoisotopic (exact) mass is 348 g/mol. The van der Waals surface area contributed by atoms with Crippen molar-refractivity contribution in [3.05, 3.63) is 58.6 Å². The number of nitrogens with one attached hydrogen (secondary N) is 1. The van der Waals surface area contributed by atoms with Crippen molar-refractivity contribution in [2.24, 2.45) is 0 Å². The van der Waals surface area contributed by atoms with Gasteiger partial charge in [-0.2, -0.15) is 0 Å². The minimum Gasteiger partial charge on any atom is -0.493 e. The predicted octanol–water partition coefficient (Wildman–Crippen LogP) is 2.95. The van der Waals surface area contributed by atoms with E-state index in [1.807, 2.05) is 30.3 Å². The zero-order valence-electron chi connectivity index (χ0n) is 11.6. The van der Waals surface area contributed by atoms with Crippen LogP contribution in [0.5, 0.6) is 11.5 Å². The summed E-state index contributed by atoms with van der Waals surface area (Å²) in [4.78, 5) is 11.8. The second kappa shape index (κ2) is 7.69. The molecule has 1 amide bonds. The van der Waals surface area contributed by atoms with Crippen LogP contribution in [-0.2, 0) is 11.3 Å². The molecule has 0 saturated heterocycles. The van der Waals surface area contributed by atoms with Crippen LogP contribution in [0, 0.1) is 6.07 Å². The second-order valence-electron chi connectivity index (χ2n) is 4.25. The highest BCUT2D eigenvalue weighted by molar-refractivity contribution is 9.10. The largest absolute Gasteiger partial charge is 0.493 e. The number of amides is 1. The maximum atomic E-state index is 11.8. The van der Waals surface area contributed by atoms with Crippen LogP contribution in [0.1, 0.15) is 5.56 Å². The van der Waals surface area contributed by atoms with E-state index in [0.29, 0.717) is 22.5 Å². The van der Waals surface area contributed by atoms with E-state index in [2.05, 4.69) is 27.3 Å². The zero-order chi connectivity index (χ0) is 15.1. The van der Waals surface area contributed by atoms with Crippen LogP contribution in [-0.4, -0.2) is 19.6 Å². The van der Waals surface area contributed by atoms with E-state index in [9.17, 15) is 4.79 Å². The summed E-state index contributed by atoms with van der Waals surface area (Å²) in [5, 5.41) is 2.80. The van der Waals surface area contributed by atoms with Gasteiger partial charge in [0.2, 0.25) is 0 Å². The lowest BCUT2D eigenvalue weighted by Gasteiger charge is -2.12. The molecule has 0 aromatic heterocycles. The maximum Gasteiger partial charge on any atom is 0.258 e. The van der Waals surface area contributed by atoms with Gasteiger partial charge in [-0.3, -0.25) is 4.79 Å². The van der Waals surface area contributed by atoms with Crippen LogP contribution in [0.15, 0.2) is 46.9 Å².